The SMILES string of the molecule is Cc1nc2ccc(CCN(C)C(=O)CCN)cc2o1. The number of aryl methyl sites for hydroxylation is 1. The lowest BCUT2D eigenvalue weighted by molar-refractivity contribution is -0.129. The molecule has 0 aliphatic heterocycles. The molecule has 0 radical (unpaired) electrons. The van der Waals surface area contributed by atoms with Crippen LogP contribution in [0.3, 0.4) is 0 Å². The van der Waals surface area contributed by atoms with Crippen LogP contribution in [-0.4, -0.2) is 35.9 Å². The minimum absolute atomic E-state index is 0.0825. The fourth-order valence-electron chi connectivity index (χ4n) is 1.98. The molecule has 0 fully saturated rings. The van der Waals surface area contributed by atoms with Crippen molar-refractivity contribution < 1.29 is 9.21 Å². The average molecular weight is 261 g/mol. The molecular weight excluding hydrogens is 242 g/mol. The minimum atomic E-state index is 0.0825. The van der Waals surface area contributed by atoms with Gasteiger partial charge in [-0.05, 0) is 24.1 Å². The highest BCUT2D eigenvalue weighted by molar-refractivity contribution is 5.76. The molecule has 5 heteroatoms. The maximum atomic E-state index is 11.6. The molecule has 0 unspecified atom stereocenters. The highest BCUT2D eigenvalue weighted by Crippen LogP contribution is 2.17. The molecule has 2 rings (SSSR count). The van der Waals surface area contributed by atoms with Gasteiger partial charge >= 0.3 is 0 Å². The zero-order chi connectivity index (χ0) is 13.8. The number of nitrogens with two attached hydrogens (primary N) is 1. The summed E-state index contributed by atoms with van der Waals surface area (Å²) in [6, 6.07) is 5.95. The normalized spacial score (nSPS) is 10.9. The second kappa shape index (κ2) is 5.84. The zero-order valence-electron chi connectivity index (χ0n) is 11.3. The van der Waals surface area contributed by atoms with Crippen LogP contribution < -0.4 is 5.73 Å². The summed E-state index contributed by atoms with van der Waals surface area (Å²) in [7, 11) is 1.80. The van der Waals surface area contributed by atoms with E-state index in [1.54, 1.807) is 11.9 Å². The topological polar surface area (TPSA) is 72.4 Å². The largest absolute Gasteiger partial charge is 0.441 e. The maximum absolute atomic E-state index is 11.6. The third-order valence-electron chi connectivity index (χ3n) is 3.08. The fourth-order valence-corrected chi connectivity index (χ4v) is 1.98. The lowest BCUT2D eigenvalue weighted by atomic mass is 10.1. The van der Waals surface area contributed by atoms with Crippen molar-refractivity contribution in [2.45, 2.75) is 19.8 Å². The van der Waals surface area contributed by atoms with Crippen LogP contribution in [-0.2, 0) is 11.2 Å². The summed E-state index contributed by atoms with van der Waals surface area (Å²) >= 11 is 0. The summed E-state index contributed by atoms with van der Waals surface area (Å²) < 4.78 is 5.49. The first-order valence-corrected chi connectivity index (χ1v) is 6.40. The molecule has 1 aromatic heterocycles. The molecule has 19 heavy (non-hydrogen) atoms. The van der Waals surface area contributed by atoms with Crippen LogP contribution in [0.25, 0.3) is 11.1 Å². The maximum Gasteiger partial charge on any atom is 0.223 e. The van der Waals surface area contributed by atoms with Crippen molar-refractivity contribution in [3.05, 3.63) is 29.7 Å². The van der Waals surface area contributed by atoms with E-state index in [-0.39, 0.29) is 5.91 Å². The number of nitrogens with zero attached hydrogens (tertiary/aromatic N) is 2. The van der Waals surface area contributed by atoms with E-state index in [1.165, 1.54) is 0 Å². The van der Waals surface area contributed by atoms with Gasteiger partial charge in [0.2, 0.25) is 5.91 Å². The van der Waals surface area contributed by atoms with Crippen molar-refractivity contribution in [3.63, 3.8) is 0 Å². The molecule has 0 aliphatic carbocycles. The van der Waals surface area contributed by atoms with Gasteiger partial charge in [0.05, 0.1) is 0 Å². The number of hydrogen-bond donors (Lipinski definition) is 1. The van der Waals surface area contributed by atoms with Crippen LogP contribution in [0.1, 0.15) is 17.9 Å². The molecule has 5 nitrogen and oxygen atoms in total. The van der Waals surface area contributed by atoms with Gasteiger partial charge in [0.15, 0.2) is 11.5 Å². The number of hydrogen-bond acceptors (Lipinski definition) is 4. The van der Waals surface area contributed by atoms with Gasteiger partial charge < -0.3 is 15.1 Å². The van der Waals surface area contributed by atoms with Gasteiger partial charge in [-0.2, -0.15) is 0 Å². The highest BCUT2D eigenvalue weighted by atomic mass is 16.3. The molecule has 1 amide bonds. The molecule has 0 spiro atoms. The number of aromatic nitrogens is 1. The first-order chi connectivity index (χ1) is 9.10. The number of fused-ring (bicyclic) bond motifs is 1. The van der Waals surface area contributed by atoms with Gasteiger partial charge in [0, 0.05) is 33.5 Å². The third-order valence-corrected chi connectivity index (χ3v) is 3.08. The Morgan fingerprint density at radius 2 is 2.26 bits per heavy atom. The molecule has 2 aromatic rings. The van der Waals surface area contributed by atoms with E-state index in [0.717, 1.165) is 23.1 Å². The van der Waals surface area contributed by atoms with Crippen molar-refractivity contribution in [2.75, 3.05) is 20.1 Å². The van der Waals surface area contributed by atoms with Crippen molar-refractivity contribution >= 4 is 17.0 Å². The van der Waals surface area contributed by atoms with Gasteiger partial charge in [0.25, 0.3) is 0 Å². The number of rotatable bonds is 5. The Morgan fingerprint density at radius 3 is 3.00 bits per heavy atom. The van der Waals surface area contributed by atoms with Crippen LogP contribution in [0.15, 0.2) is 22.6 Å². The van der Waals surface area contributed by atoms with Crippen LogP contribution in [0, 0.1) is 6.92 Å². The number of oxazole rings is 1. The summed E-state index contributed by atoms with van der Waals surface area (Å²) in [4.78, 5) is 17.6. The first-order valence-electron chi connectivity index (χ1n) is 6.40. The average Bonchev–Trinajstić information content (AvgIpc) is 2.75. The molecule has 0 saturated heterocycles. The third kappa shape index (κ3) is 3.32. The number of amides is 1. The van der Waals surface area contributed by atoms with Gasteiger partial charge in [-0.1, -0.05) is 6.07 Å². The smallest absolute Gasteiger partial charge is 0.223 e. The van der Waals surface area contributed by atoms with E-state index < -0.39 is 0 Å². The number of benzene rings is 1. The molecule has 0 bridgehead atoms. The summed E-state index contributed by atoms with van der Waals surface area (Å²) in [5.41, 5.74) is 8.17. The number of likely N-dealkylation sites (N-methyl/N-ethyl adjacent to an activating group) is 1. The van der Waals surface area contributed by atoms with Gasteiger partial charge in [-0.3, -0.25) is 4.79 Å². The van der Waals surface area contributed by atoms with Crippen molar-refractivity contribution in [1.29, 1.82) is 0 Å². The Balaban J connectivity index is 1.99. The van der Waals surface area contributed by atoms with Gasteiger partial charge in [-0.15, -0.1) is 0 Å². The van der Waals surface area contributed by atoms with E-state index in [9.17, 15) is 4.79 Å². The van der Waals surface area contributed by atoms with E-state index >= 15 is 0 Å². The van der Waals surface area contributed by atoms with Gasteiger partial charge in [-0.25, -0.2) is 4.98 Å². The van der Waals surface area contributed by atoms with Crippen LogP contribution in [0.2, 0.25) is 0 Å². The molecule has 102 valence electrons. The minimum Gasteiger partial charge on any atom is -0.441 e. The first kappa shape index (κ1) is 13.5. The predicted molar refractivity (Wildman–Crippen MR) is 73.8 cm³/mol. The zero-order valence-corrected chi connectivity index (χ0v) is 11.3. The molecular formula is C14H19N3O2. The Labute approximate surface area is 112 Å². The lowest BCUT2D eigenvalue weighted by Crippen LogP contribution is -2.30. The Morgan fingerprint density at radius 1 is 1.47 bits per heavy atom. The summed E-state index contributed by atoms with van der Waals surface area (Å²) in [5, 5.41) is 0. The second-order valence-electron chi connectivity index (χ2n) is 4.64. The van der Waals surface area contributed by atoms with E-state index in [4.69, 9.17) is 10.2 Å². The van der Waals surface area contributed by atoms with Crippen LogP contribution >= 0.6 is 0 Å². The van der Waals surface area contributed by atoms with Crippen molar-refractivity contribution in [1.82, 2.24) is 9.88 Å². The van der Waals surface area contributed by atoms with Crippen molar-refractivity contribution in [2.24, 2.45) is 5.73 Å². The predicted octanol–water partition coefficient (Wildman–Crippen LogP) is 1.49. The molecule has 1 heterocycles. The van der Waals surface area contributed by atoms with Crippen LogP contribution in [0.4, 0.5) is 0 Å². The fraction of sp³-hybridized carbons (Fsp3) is 0.429. The number of carbonyl (C=O) groups excluding carboxylic acids is 1. The lowest BCUT2D eigenvalue weighted by Gasteiger charge is -2.16. The molecule has 2 N–H and O–H groups in total. The standard InChI is InChI=1S/C14H19N3O2/c1-10-16-12-4-3-11(9-13(12)19-10)6-8-17(2)14(18)5-7-15/h3-4,9H,5-8,15H2,1-2H3. The van der Waals surface area contributed by atoms with Crippen LogP contribution in [0.5, 0.6) is 0 Å². The quantitative estimate of drug-likeness (QED) is 0.885. The monoisotopic (exact) mass is 261 g/mol. The molecule has 0 aliphatic rings. The van der Waals surface area contributed by atoms with E-state index in [0.29, 0.717) is 25.4 Å². The molecule has 0 atom stereocenters. The Kier molecular flexibility index (Phi) is 4.16. The molecule has 1 aromatic carbocycles. The summed E-state index contributed by atoms with van der Waals surface area (Å²) in [5.74, 6) is 0.751. The highest BCUT2D eigenvalue weighted by Gasteiger charge is 2.08. The molecule has 0 saturated carbocycles. The van der Waals surface area contributed by atoms with E-state index in [2.05, 4.69) is 4.98 Å². The van der Waals surface area contributed by atoms with E-state index in [1.807, 2.05) is 25.1 Å². The van der Waals surface area contributed by atoms with Gasteiger partial charge in [0.1, 0.15) is 5.52 Å². The van der Waals surface area contributed by atoms with Crippen molar-refractivity contribution in [3.8, 4) is 0 Å². The summed E-state index contributed by atoms with van der Waals surface area (Å²) in [6.45, 7) is 2.91. The Hall–Kier alpha value is -1.88. The Bertz CT molecular complexity index is 577. The number of carbonyl (C=O) groups is 1. The summed E-state index contributed by atoms with van der Waals surface area (Å²) in [6.07, 6.45) is 1.19. The second-order valence-corrected chi connectivity index (χ2v) is 4.64.